The van der Waals surface area contributed by atoms with E-state index in [1.165, 1.54) is 0 Å². The Morgan fingerprint density at radius 2 is 2.00 bits per heavy atom. The quantitative estimate of drug-likeness (QED) is 0.595. The zero-order valence-corrected chi connectivity index (χ0v) is 9.21. The number of carbonyl (C=O) groups excluding carboxylic acids is 2. The van der Waals surface area contributed by atoms with Gasteiger partial charge in [-0.25, -0.2) is 0 Å². The smallest absolute Gasteiger partial charge is 0.249 e. The number of rotatable bonds is 3. The van der Waals surface area contributed by atoms with Gasteiger partial charge in [-0.2, -0.15) is 0 Å². The number of amides is 1. The first-order chi connectivity index (χ1) is 7.66. The summed E-state index contributed by atoms with van der Waals surface area (Å²) in [6.07, 6.45) is 0.121. The molecule has 0 aromatic heterocycles. The Morgan fingerprint density at radius 1 is 1.31 bits per heavy atom. The van der Waals surface area contributed by atoms with Gasteiger partial charge in [0.1, 0.15) is 6.04 Å². The Labute approximate surface area is 98.0 Å². The van der Waals surface area contributed by atoms with E-state index >= 15 is 0 Å². The number of thiocarbonyl (C=S) groups is 1. The van der Waals surface area contributed by atoms with Crippen LogP contribution in [0.15, 0.2) is 30.3 Å². The first kappa shape index (κ1) is 10.8. The molecular formula is C11H10N2O2S. The van der Waals surface area contributed by atoms with Crippen LogP contribution < -0.4 is 10.6 Å². The molecule has 4 nitrogen and oxygen atoms in total. The summed E-state index contributed by atoms with van der Waals surface area (Å²) in [6, 6.07) is 8.34. The minimum absolute atomic E-state index is 0.0713. The van der Waals surface area contributed by atoms with E-state index in [2.05, 4.69) is 10.6 Å². The van der Waals surface area contributed by atoms with Crippen molar-refractivity contribution < 1.29 is 9.59 Å². The fourth-order valence-corrected chi connectivity index (χ4v) is 1.77. The first-order valence-electron chi connectivity index (χ1n) is 4.86. The average Bonchev–Trinajstić information content (AvgIpc) is 2.59. The summed E-state index contributed by atoms with van der Waals surface area (Å²) in [5.41, 5.74) is 0.606. The van der Waals surface area contributed by atoms with Crippen LogP contribution in [0.25, 0.3) is 0 Å². The van der Waals surface area contributed by atoms with Gasteiger partial charge < -0.3 is 10.6 Å². The summed E-state index contributed by atoms with van der Waals surface area (Å²) in [7, 11) is 0. The van der Waals surface area contributed by atoms with E-state index in [4.69, 9.17) is 12.2 Å². The van der Waals surface area contributed by atoms with E-state index in [0.29, 0.717) is 5.56 Å². The van der Waals surface area contributed by atoms with E-state index in [-0.39, 0.29) is 23.2 Å². The highest BCUT2D eigenvalue weighted by atomic mass is 32.1. The van der Waals surface area contributed by atoms with Gasteiger partial charge in [0, 0.05) is 12.0 Å². The van der Waals surface area contributed by atoms with Crippen LogP contribution in [-0.2, 0) is 4.79 Å². The molecule has 1 fully saturated rings. The van der Waals surface area contributed by atoms with Crippen LogP contribution in [0.3, 0.4) is 0 Å². The van der Waals surface area contributed by atoms with Crippen LogP contribution in [0.2, 0.25) is 0 Å². The van der Waals surface area contributed by atoms with E-state index in [1.54, 1.807) is 24.3 Å². The molecule has 0 aliphatic carbocycles. The molecular weight excluding hydrogens is 224 g/mol. The summed E-state index contributed by atoms with van der Waals surface area (Å²) in [5, 5.41) is 5.49. The lowest BCUT2D eigenvalue weighted by atomic mass is 10.0. The van der Waals surface area contributed by atoms with Crippen LogP contribution >= 0.6 is 12.2 Å². The fraction of sp³-hybridized carbons (Fsp3) is 0.182. The molecule has 2 rings (SSSR count). The molecule has 82 valence electrons. The Kier molecular flexibility index (Phi) is 2.96. The van der Waals surface area contributed by atoms with Gasteiger partial charge in [0.15, 0.2) is 10.9 Å². The molecule has 5 heteroatoms. The molecule has 16 heavy (non-hydrogen) atoms. The molecule has 1 aromatic rings. The standard InChI is InChI=1S/C11H10N2O2S/c14-9(7-4-2-1-3-5-7)6-8-10(15)13-11(16)12-8/h1-5,8H,6H2,(H2,12,13,15,16). The molecule has 1 aliphatic rings. The third-order valence-corrected chi connectivity index (χ3v) is 2.56. The molecule has 0 radical (unpaired) electrons. The lowest BCUT2D eigenvalue weighted by Gasteiger charge is -2.06. The third kappa shape index (κ3) is 2.25. The second kappa shape index (κ2) is 4.40. The summed E-state index contributed by atoms with van der Waals surface area (Å²) in [6.45, 7) is 0. The van der Waals surface area contributed by atoms with Crippen LogP contribution in [-0.4, -0.2) is 22.8 Å². The summed E-state index contributed by atoms with van der Waals surface area (Å²) in [4.78, 5) is 23.1. The highest BCUT2D eigenvalue weighted by molar-refractivity contribution is 7.80. The lowest BCUT2D eigenvalue weighted by molar-refractivity contribution is -0.120. The number of nitrogens with one attached hydrogen (secondary N) is 2. The Balaban J connectivity index is 2.03. The molecule has 0 saturated carbocycles. The topological polar surface area (TPSA) is 58.2 Å². The van der Waals surface area contributed by atoms with Crippen molar-refractivity contribution in [1.29, 1.82) is 0 Å². The fourth-order valence-electron chi connectivity index (χ4n) is 1.53. The van der Waals surface area contributed by atoms with E-state index in [9.17, 15) is 9.59 Å². The maximum atomic E-state index is 11.8. The number of hydrogen-bond acceptors (Lipinski definition) is 3. The largest absolute Gasteiger partial charge is 0.350 e. The number of hydrogen-bond donors (Lipinski definition) is 2. The van der Waals surface area contributed by atoms with Gasteiger partial charge in [0.2, 0.25) is 5.91 Å². The monoisotopic (exact) mass is 234 g/mol. The first-order valence-corrected chi connectivity index (χ1v) is 5.27. The maximum absolute atomic E-state index is 11.8. The molecule has 2 N–H and O–H groups in total. The second-order valence-corrected chi connectivity index (χ2v) is 3.92. The Bertz CT molecular complexity index is 445. The number of ketones is 1. The minimum atomic E-state index is -0.541. The zero-order chi connectivity index (χ0) is 11.5. The van der Waals surface area contributed by atoms with E-state index < -0.39 is 6.04 Å². The van der Waals surface area contributed by atoms with Crippen LogP contribution in [0, 0.1) is 0 Å². The van der Waals surface area contributed by atoms with Crippen LogP contribution in [0.5, 0.6) is 0 Å². The van der Waals surface area contributed by atoms with Crippen molar-refractivity contribution in [1.82, 2.24) is 10.6 Å². The number of carbonyl (C=O) groups is 2. The third-order valence-electron chi connectivity index (χ3n) is 2.34. The number of Topliss-reactive ketones (excluding diaryl/α,β-unsaturated/α-hetero) is 1. The molecule has 1 heterocycles. The lowest BCUT2D eigenvalue weighted by Crippen LogP contribution is -2.31. The predicted molar refractivity (Wildman–Crippen MR) is 63.1 cm³/mol. The second-order valence-electron chi connectivity index (χ2n) is 3.51. The van der Waals surface area contributed by atoms with Crippen molar-refractivity contribution in [2.45, 2.75) is 12.5 Å². The molecule has 1 unspecified atom stereocenters. The Hall–Kier alpha value is -1.75. The Morgan fingerprint density at radius 3 is 2.56 bits per heavy atom. The van der Waals surface area contributed by atoms with Gasteiger partial charge in [0.25, 0.3) is 0 Å². The average molecular weight is 234 g/mol. The highest BCUT2D eigenvalue weighted by Crippen LogP contribution is 2.07. The van der Waals surface area contributed by atoms with Crippen molar-refractivity contribution in [3.63, 3.8) is 0 Å². The molecule has 1 atom stereocenters. The van der Waals surface area contributed by atoms with E-state index in [0.717, 1.165) is 0 Å². The van der Waals surface area contributed by atoms with Crippen LogP contribution in [0.1, 0.15) is 16.8 Å². The van der Waals surface area contributed by atoms with Crippen molar-refractivity contribution in [2.75, 3.05) is 0 Å². The molecule has 1 aromatic carbocycles. The summed E-state index contributed by atoms with van der Waals surface area (Å²) in [5.74, 6) is -0.313. The van der Waals surface area contributed by atoms with Gasteiger partial charge in [-0.15, -0.1) is 0 Å². The van der Waals surface area contributed by atoms with Crippen LogP contribution in [0.4, 0.5) is 0 Å². The van der Waals surface area contributed by atoms with Gasteiger partial charge in [-0.3, -0.25) is 9.59 Å². The summed E-state index contributed by atoms with van der Waals surface area (Å²) < 4.78 is 0. The van der Waals surface area contributed by atoms with Crippen molar-refractivity contribution in [3.8, 4) is 0 Å². The zero-order valence-electron chi connectivity index (χ0n) is 8.40. The van der Waals surface area contributed by atoms with Crippen molar-refractivity contribution in [3.05, 3.63) is 35.9 Å². The maximum Gasteiger partial charge on any atom is 0.249 e. The minimum Gasteiger partial charge on any atom is -0.350 e. The molecule has 1 aliphatic heterocycles. The molecule has 0 bridgehead atoms. The normalized spacial score (nSPS) is 19.1. The molecule has 1 amide bonds. The van der Waals surface area contributed by atoms with Crippen molar-refractivity contribution >= 4 is 29.0 Å². The summed E-state index contributed by atoms with van der Waals surface area (Å²) >= 11 is 4.79. The number of benzene rings is 1. The molecule has 1 saturated heterocycles. The van der Waals surface area contributed by atoms with Gasteiger partial charge in [-0.1, -0.05) is 30.3 Å². The van der Waals surface area contributed by atoms with Gasteiger partial charge in [0.05, 0.1) is 0 Å². The molecule has 0 spiro atoms. The van der Waals surface area contributed by atoms with Gasteiger partial charge in [-0.05, 0) is 12.2 Å². The van der Waals surface area contributed by atoms with Crippen molar-refractivity contribution in [2.24, 2.45) is 0 Å². The SMILES string of the molecule is O=C(CC1NC(=S)NC1=O)c1ccccc1. The van der Waals surface area contributed by atoms with E-state index in [1.807, 2.05) is 6.07 Å². The highest BCUT2D eigenvalue weighted by Gasteiger charge is 2.29. The van der Waals surface area contributed by atoms with Gasteiger partial charge >= 0.3 is 0 Å². The predicted octanol–water partition coefficient (Wildman–Crippen LogP) is 0.632.